The van der Waals surface area contributed by atoms with Gasteiger partial charge in [0, 0.05) is 6.61 Å². The highest BCUT2D eigenvalue weighted by molar-refractivity contribution is 4.99. The van der Waals surface area contributed by atoms with Crippen molar-refractivity contribution in [1.29, 1.82) is 0 Å². The number of unbranched alkanes of at least 4 members (excludes halogenated alkanes) is 3. The van der Waals surface area contributed by atoms with Crippen LogP contribution in [0.5, 0.6) is 0 Å². The summed E-state index contributed by atoms with van der Waals surface area (Å²) in [6.07, 6.45) is 10.5. The number of rotatable bonds is 24. The van der Waals surface area contributed by atoms with E-state index in [-0.39, 0.29) is 6.29 Å². The van der Waals surface area contributed by atoms with Crippen LogP contribution < -0.4 is 0 Å². The van der Waals surface area contributed by atoms with E-state index < -0.39 is 5.60 Å². The summed E-state index contributed by atoms with van der Waals surface area (Å²) in [7, 11) is 0. The van der Waals surface area contributed by atoms with E-state index in [0.717, 1.165) is 25.9 Å². The van der Waals surface area contributed by atoms with Crippen LogP contribution in [-0.2, 0) is 28.4 Å². The van der Waals surface area contributed by atoms with Crippen molar-refractivity contribution in [3.63, 3.8) is 0 Å². The van der Waals surface area contributed by atoms with E-state index in [2.05, 4.69) is 33.4 Å². The first-order valence-corrected chi connectivity index (χ1v) is 12.3. The van der Waals surface area contributed by atoms with Crippen LogP contribution in [0.3, 0.4) is 0 Å². The zero-order valence-corrected chi connectivity index (χ0v) is 21.5. The van der Waals surface area contributed by atoms with Crippen molar-refractivity contribution in [3.8, 4) is 0 Å². The molecule has 0 aromatic rings. The van der Waals surface area contributed by atoms with Gasteiger partial charge in [-0.05, 0) is 47.0 Å². The summed E-state index contributed by atoms with van der Waals surface area (Å²) in [5, 5.41) is 0. The van der Waals surface area contributed by atoms with Crippen LogP contribution >= 0.6 is 0 Å². The van der Waals surface area contributed by atoms with E-state index >= 15 is 0 Å². The Morgan fingerprint density at radius 1 is 0.812 bits per heavy atom. The highest BCUT2D eigenvalue weighted by Crippen LogP contribution is 2.22. The Morgan fingerprint density at radius 2 is 1.34 bits per heavy atom. The summed E-state index contributed by atoms with van der Waals surface area (Å²) < 4.78 is 33.8. The van der Waals surface area contributed by atoms with Gasteiger partial charge in [0.1, 0.15) is 0 Å². The van der Waals surface area contributed by atoms with Crippen LogP contribution in [0.15, 0.2) is 24.3 Å². The lowest BCUT2D eigenvalue weighted by Gasteiger charge is -2.29. The zero-order chi connectivity index (χ0) is 23.9. The van der Waals surface area contributed by atoms with Crippen LogP contribution in [0.4, 0.5) is 0 Å². The van der Waals surface area contributed by atoms with Crippen molar-refractivity contribution in [3.05, 3.63) is 24.3 Å². The van der Waals surface area contributed by atoms with Crippen LogP contribution in [0.1, 0.15) is 73.1 Å². The molecule has 2 unspecified atom stereocenters. The third kappa shape index (κ3) is 21.1. The van der Waals surface area contributed by atoms with Gasteiger partial charge in [-0.25, -0.2) is 0 Å². The second kappa shape index (κ2) is 22.1. The van der Waals surface area contributed by atoms with Gasteiger partial charge in [0.25, 0.3) is 0 Å². The van der Waals surface area contributed by atoms with E-state index in [1.54, 1.807) is 0 Å². The summed E-state index contributed by atoms with van der Waals surface area (Å²) in [5.74, 6) is 0. The van der Waals surface area contributed by atoms with Gasteiger partial charge in [-0.3, -0.25) is 0 Å². The first-order chi connectivity index (χ1) is 15.4. The first-order valence-electron chi connectivity index (χ1n) is 12.3. The van der Waals surface area contributed by atoms with Crippen LogP contribution in [-0.4, -0.2) is 71.4 Å². The summed E-state index contributed by atoms with van der Waals surface area (Å²) >= 11 is 0. The molecule has 0 aliphatic heterocycles. The Labute approximate surface area is 197 Å². The minimum Gasteiger partial charge on any atom is -0.379 e. The van der Waals surface area contributed by atoms with Crippen molar-refractivity contribution < 1.29 is 28.4 Å². The summed E-state index contributed by atoms with van der Waals surface area (Å²) in [4.78, 5) is 0. The number of hydrogen-bond donors (Lipinski definition) is 0. The normalized spacial score (nSPS) is 14.2. The third-order valence-corrected chi connectivity index (χ3v) is 4.90. The summed E-state index contributed by atoms with van der Waals surface area (Å²) in [6.45, 7) is 19.6. The van der Waals surface area contributed by atoms with Gasteiger partial charge in [-0.1, -0.05) is 43.9 Å². The molecule has 0 heterocycles. The van der Waals surface area contributed by atoms with Gasteiger partial charge < -0.3 is 28.4 Å². The highest BCUT2D eigenvalue weighted by Gasteiger charge is 2.23. The van der Waals surface area contributed by atoms with Crippen molar-refractivity contribution in [2.75, 3.05) is 59.5 Å². The van der Waals surface area contributed by atoms with Crippen LogP contribution in [0, 0.1) is 0 Å². The average molecular weight is 459 g/mol. The smallest absolute Gasteiger partial charge is 0.156 e. The molecule has 0 aliphatic rings. The second-order valence-electron chi connectivity index (χ2n) is 8.40. The maximum Gasteiger partial charge on any atom is 0.156 e. The van der Waals surface area contributed by atoms with E-state index in [0.29, 0.717) is 52.9 Å². The summed E-state index contributed by atoms with van der Waals surface area (Å²) in [5.41, 5.74) is 0.913. The topological polar surface area (TPSA) is 55.4 Å². The molecule has 32 heavy (non-hydrogen) atoms. The monoisotopic (exact) mass is 458 g/mol. The van der Waals surface area contributed by atoms with Gasteiger partial charge >= 0.3 is 0 Å². The molecule has 6 heteroatoms. The molecule has 0 aromatic carbocycles. The fraction of sp³-hybridized carbons (Fsp3) is 0.846. The average Bonchev–Trinajstić information content (AvgIpc) is 2.75. The van der Waals surface area contributed by atoms with Crippen molar-refractivity contribution in [2.24, 2.45) is 0 Å². The van der Waals surface area contributed by atoms with Crippen molar-refractivity contribution in [1.82, 2.24) is 0 Å². The molecule has 0 aromatic heterocycles. The maximum absolute atomic E-state index is 6.03. The SMILES string of the molecule is C=CC(C)(CCC=C(C)C)OC(C)OCCOCCOCCOCCOCCCCCC. The Kier molecular flexibility index (Phi) is 21.5. The minimum atomic E-state index is -0.400. The fourth-order valence-corrected chi connectivity index (χ4v) is 2.94. The van der Waals surface area contributed by atoms with Gasteiger partial charge in [-0.15, -0.1) is 6.58 Å². The van der Waals surface area contributed by atoms with Crippen LogP contribution in [0.2, 0.25) is 0 Å². The molecule has 2 atom stereocenters. The van der Waals surface area contributed by atoms with E-state index in [1.807, 2.05) is 19.9 Å². The Hall–Kier alpha value is -0.760. The second-order valence-corrected chi connectivity index (χ2v) is 8.40. The molecule has 0 rings (SSSR count). The predicted octanol–water partition coefficient (Wildman–Crippen LogP) is 5.70. The molecular formula is C26H50O6. The van der Waals surface area contributed by atoms with E-state index in [4.69, 9.17) is 28.4 Å². The third-order valence-electron chi connectivity index (χ3n) is 4.90. The molecule has 190 valence electrons. The highest BCUT2D eigenvalue weighted by atomic mass is 16.7. The molecular weight excluding hydrogens is 408 g/mol. The minimum absolute atomic E-state index is 0.318. The van der Waals surface area contributed by atoms with Crippen LogP contribution in [0.25, 0.3) is 0 Å². The molecule has 0 N–H and O–H groups in total. The van der Waals surface area contributed by atoms with E-state index in [9.17, 15) is 0 Å². The van der Waals surface area contributed by atoms with Gasteiger partial charge in [0.15, 0.2) is 6.29 Å². The Balaban J connectivity index is 3.47. The standard InChI is InChI=1S/C26H50O6/c1-7-9-10-11-15-27-16-17-28-18-19-29-20-21-30-22-23-31-25(5)32-26(6,8-2)14-12-13-24(3)4/h8,13,25H,2,7,9-12,14-23H2,1,3-6H3. The lowest BCUT2D eigenvalue weighted by atomic mass is 9.99. The first kappa shape index (κ1) is 31.2. The molecule has 0 radical (unpaired) electrons. The lowest BCUT2D eigenvalue weighted by Crippen LogP contribution is -2.32. The number of hydrogen-bond acceptors (Lipinski definition) is 6. The molecule has 0 saturated heterocycles. The molecule has 0 fully saturated rings. The van der Waals surface area contributed by atoms with Gasteiger partial charge in [-0.2, -0.15) is 0 Å². The van der Waals surface area contributed by atoms with E-state index in [1.165, 1.54) is 24.8 Å². The molecule has 0 aliphatic carbocycles. The van der Waals surface area contributed by atoms with Crippen molar-refractivity contribution >= 4 is 0 Å². The molecule has 0 bridgehead atoms. The molecule has 0 amide bonds. The molecule has 0 spiro atoms. The maximum atomic E-state index is 6.03. The largest absolute Gasteiger partial charge is 0.379 e. The number of allylic oxidation sites excluding steroid dienone is 2. The molecule has 6 nitrogen and oxygen atoms in total. The summed E-state index contributed by atoms with van der Waals surface area (Å²) in [6, 6.07) is 0. The fourth-order valence-electron chi connectivity index (χ4n) is 2.94. The van der Waals surface area contributed by atoms with Gasteiger partial charge in [0.2, 0.25) is 0 Å². The Morgan fingerprint density at radius 3 is 1.84 bits per heavy atom. The number of ether oxygens (including phenoxy) is 6. The zero-order valence-electron chi connectivity index (χ0n) is 21.5. The lowest BCUT2D eigenvalue weighted by molar-refractivity contribution is -0.187. The van der Waals surface area contributed by atoms with Gasteiger partial charge in [0.05, 0.1) is 58.5 Å². The quantitative estimate of drug-likeness (QED) is 0.105. The van der Waals surface area contributed by atoms with Crippen molar-refractivity contribution in [2.45, 2.75) is 85.0 Å². The predicted molar refractivity (Wildman–Crippen MR) is 131 cm³/mol. The Bertz CT molecular complexity index is 450. The molecule has 0 saturated carbocycles.